The van der Waals surface area contributed by atoms with E-state index in [0.29, 0.717) is 19.4 Å². The molecule has 1 spiro atoms. The number of rotatable bonds is 6. The van der Waals surface area contributed by atoms with E-state index in [-0.39, 0.29) is 35.5 Å². The first-order valence-electron chi connectivity index (χ1n) is 11.7. The number of carbonyl (C=O) groups excluding carboxylic acids is 3. The molecule has 2 aliphatic carbocycles. The lowest BCUT2D eigenvalue weighted by atomic mass is 9.50. The highest BCUT2D eigenvalue weighted by atomic mass is 16.6. The number of aliphatic hydroxyl groups excluding tert-OH is 1. The van der Waals surface area contributed by atoms with Crippen LogP contribution in [0.4, 0.5) is 0 Å². The Balaban J connectivity index is 1.42. The number of phenols is 1. The van der Waals surface area contributed by atoms with Crippen LogP contribution in [0, 0.1) is 0 Å². The number of carbonyl (C=O) groups is 3. The monoisotopic (exact) mass is 487 g/mol. The Morgan fingerprint density at radius 3 is 2.77 bits per heavy atom. The van der Waals surface area contributed by atoms with E-state index >= 15 is 0 Å². The van der Waals surface area contributed by atoms with Gasteiger partial charge in [-0.3, -0.25) is 9.59 Å². The number of nitrogens with zero attached hydrogens (tertiary/aromatic N) is 1. The molecule has 188 valence electrons. The second-order valence-corrected chi connectivity index (χ2v) is 9.99. The van der Waals surface area contributed by atoms with Gasteiger partial charge in [-0.05, 0) is 58.0 Å². The molecule has 2 heterocycles. The number of esters is 2. The first-order valence-corrected chi connectivity index (χ1v) is 11.7. The number of Topliss-reactive ketones (excluding diaryl/α,β-unsaturated/α-hetero) is 1. The molecule has 6 atom stereocenters. The maximum atomic E-state index is 12.7. The van der Waals surface area contributed by atoms with E-state index in [9.17, 15) is 29.7 Å². The smallest absolute Gasteiger partial charge is 0.340 e. The van der Waals surface area contributed by atoms with Crippen LogP contribution in [0.15, 0.2) is 24.0 Å². The summed E-state index contributed by atoms with van der Waals surface area (Å²) < 4.78 is 16.6. The van der Waals surface area contributed by atoms with Gasteiger partial charge in [0, 0.05) is 18.0 Å². The number of benzene rings is 1. The summed E-state index contributed by atoms with van der Waals surface area (Å²) in [5.74, 6) is -2.00. The number of aromatic hydroxyl groups is 1. The maximum absolute atomic E-state index is 12.7. The van der Waals surface area contributed by atoms with Crippen LogP contribution in [0.25, 0.3) is 0 Å². The minimum atomic E-state index is -1.81. The Labute approximate surface area is 202 Å². The van der Waals surface area contributed by atoms with Gasteiger partial charge in [0.25, 0.3) is 0 Å². The summed E-state index contributed by atoms with van der Waals surface area (Å²) in [5.41, 5.74) is -0.427. The van der Waals surface area contributed by atoms with E-state index in [1.54, 1.807) is 12.1 Å². The van der Waals surface area contributed by atoms with Gasteiger partial charge in [-0.1, -0.05) is 6.07 Å². The van der Waals surface area contributed by atoms with Crippen LogP contribution in [-0.2, 0) is 35.7 Å². The molecule has 3 N–H and O–H groups in total. The van der Waals surface area contributed by atoms with E-state index in [2.05, 4.69) is 4.90 Å². The Hall–Kier alpha value is -2.95. The van der Waals surface area contributed by atoms with Gasteiger partial charge in [0.05, 0.1) is 17.4 Å². The molecule has 0 amide bonds. The molecule has 1 aromatic rings. The Morgan fingerprint density at radius 2 is 2.06 bits per heavy atom. The van der Waals surface area contributed by atoms with Crippen molar-refractivity contribution in [3.8, 4) is 11.5 Å². The number of ketones is 1. The summed E-state index contributed by atoms with van der Waals surface area (Å²) in [4.78, 5) is 38.1. The number of ether oxygens (including phenoxy) is 3. The van der Waals surface area contributed by atoms with Crippen LogP contribution < -0.4 is 4.74 Å². The van der Waals surface area contributed by atoms with Crippen molar-refractivity contribution >= 4 is 17.7 Å². The highest BCUT2D eigenvalue weighted by Gasteiger charge is 2.72. The third kappa shape index (κ3) is 3.30. The van der Waals surface area contributed by atoms with Crippen LogP contribution in [0.1, 0.15) is 44.2 Å². The van der Waals surface area contributed by atoms with Gasteiger partial charge >= 0.3 is 11.9 Å². The van der Waals surface area contributed by atoms with Crippen LogP contribution in [-0.4, -0.2) is 81.5 Å². The van der Waals surface area contributed by atoms with Crippen molar-refractivity contribution in [2.45, 2.75) is 74.9 Å². The standard InChI is InChI=1S/C25H29NO9/c1-12(27)13(2)33-19(30)11-16(29)23(31)34-17-6-7-25(32)18-10-14-4-5-15(28)21-20(14)24(25,22(17)35-21)8-9-26(18)3/h4-6,13,16,18,22,28-29,32H,7-11H2,1-3H3/t13-,16-,18+,22-,24-,25+/m0/s1. The summed E-state index contributed by atoms with van der Waals surface area (Å²) in [6, 6.07) is 3.21. The summed E-state index contributed by atoms with van der Waals surface area (Å²) >= 11 is 0. The molecule has 2 bridgehead atoms. The Kier molecular flexibility index (Phi) is 5.46. The highest BCUT2D eigenvalue weighted by molar-refractivity contribution is 5.85. The first kappa shape index (κ1) is 23.8. The second-order valence-electron chi connectivity index (χ2n) is 9.99. The van der Waals surface area contributed by atoms with Crippen LogP contribution in [0.2, 0.25) is 0 Å². The fraction of sp³-hybridized carbons (Fsp3) is 0.560. The minimum Gasteiger partial charge on any atom is -0.504 e. The molecule has 1 saturated heterocycles. The van der Waals surface area contributed by atoms with Crippen molar-refractivity contribution in [2.24, 2.45) is 0 Å². The molecule has 1 aromatic carbocycles. The molecular weight excluding hydrogens is 458 g/mol. The molecule has 10 nitrogen and oxygen atoms in total. The fourth-order valence-electron chi connectivity index (χ4n) is 6.19. The van der Waals surface area contributed by atoms with E-state index in [1.165, 1.54) is 13.8 Å². The van der Waals surface area contributed by atoms with E-state index in [0.717, 1.165) is 11.1 Å². The maximum Gasteiger partial charge on any atom is 0.340 e. The van der Waals surface area contributed by atoms with Gasteiger partial charge < -0.3 is 34.4 Å². The number of piperidine rings is 1. The lowest BCUT2D eigenvalue weighted by molar-refractivity contribution is -0.173. The quantitative estimate of drug-likeness (QED) is 0.485. The lowest BCUT2D eigenvalue weighted by Gasteiger charge is -2.61. The van der Waals surface area contributed by atoms with Crippen molar-refractivity contribution < 1.29 is 43.9 Å². The molecule has 2 aliphatic heterocycles. The van der Waals surface area contributed by atoms with E-state index in [4.69, 9.17) is 14.2 Å². The second kappa shape index (κ2) is 8.04. The normalized spacial score (nSPS) is 32.0. The molecular formula is C25H29NO9. The summed E-state index contributed by atoms with van der Waals surface area (Å²) in [5, 5.41) is 32.9. The third-order valence-electron chi connectivity index (χ3n) is 8.08. The number of likely N-dealkylation sites (N-methyl/N-ethyl adjacent to an activating group) is 1. The molecule has 0 aromatic heterocycles. The zero-order valence-corrected chi connectivity index (χ0v) is 19.8. The minimum absolute atomic E-state index is 0.0553. The number of hydrogen-bond donors (Lipinski definition) is 3. The molecule has 0 saturated carbocycles. The lowest BCUT2D eigenvalue weighted by Crippen LogP contribution is -2.74. The third-order valence-corrected chi connectivity index (χ3v) is 8.08. The zero-order chi connectivity index (χ0) is 25.3. The topological polar surface area (TPSA) is 143 Å². The average molecular weight is 488 g/mol. The first-order chi connectivity index (χ1) is 16.5. The molecule has 1 fully saturated rings. The molecule has 10 heteroatoms. The van der Waals surface area contributed by atoms with Gasteiger partial charge in [0.2, 0.25) is 0 Å². The molecule has 5 rings (SSSR count). The van der Waals surface area contributed by atoms with Gasteiger partial charge in [-0.2, -0.15) is 0 Å². The van der Waals surface area contributed by atoms with Gasteiger partial charge in [-0.15, -0.1) is 0 Å². The van der Waals surface area contributed by atoms with Crippen molar-refractivity contribution in [1.82, 2.24) is 4.90 Å². The van der Waals surface area contributed by atoms with Crippen LogP contribution >= 0.6 is 0 Å². The predicted octanol–water partition coefficient (Wildman–Crippen LogP) is 0.485. The SMILES string of the molecule is CC(=O)[C@H](C)OC(=O)C[C@H](O)C(=O)OC1=CC[C@@]2(O)[C@H]3Cc4ccc(O)c5c4[C@@]2(CCN3C)[C@H]1O5. The van der Waals surface area contributed by atoms with Crippen molar-refractivity contribution in [1.29, 1.82) is 0 Å². The predicted molar refractivity (Wildman–Crippen MR) is 120 cm³/mol. The Morgan fingerprint density at radius 1 is 1.31 bits per heavy atom. The number of phenolic OH excluding ortho intramolecular Hbond substituents is 1. The van der Waals surface area contributed by atoms with Gasteiger partial charge in [0.1, 0.15) is 5.76 Å². The van der Waals surface area contributed by atoms with Crippen molar-refractivity contribution in [2.75, 3.05) is 13.6 Å². The fourth-order valence-corrected chi connectivity index (χ4v) is 6.19. The average Bonchev–Trinajstić information content (AvgIpc) is 3.15. The van der Waals surface area contributed by atoms with Crippen LogP contribution in [0.3, 0.4) is 0 Å². The largest absolute Gasteiger partial charge is 0.504 e. The number of hydrogen-bond acceptors (Lipinski definition) is 10. The molecule has 35 heavy (non-hydrogen) atoms. The number of aliphatic hydroxyl groups is 2. The molecule has 0 unspecified atom stereocenters. The van der Waals surface area contributed by atoms with E-state index < -0.39 is 47.7 Å². The summed E-state index contributed by atoms with van der Waals surface area (Å²) in [6.07, 6.45) is -1.49. The van der Waals surface area contributed by atoms with E-state index in [1.807, 2.05) is 13.1 Å². The molecule has 0 radical (unpaired) electrons. The van der Waals surface area contributed by atoms with Gasteiger partial charge in [0.15, 0.2) is 35.6 Å². The highest BCUT2D eigenvalue weighted by Crippen LogP contribution is 2.65. The number of likely N-dealkylation sites (tertiary alicyclic amines) is 1. The zero-order valence-electron chi connectivity index (χ0n) is 19.8. The van der Waals surface area contributed by atoms with Crippen molar-refractivity contribution in [3.05, 3.63) is 35.1 Å². The summed E-state index contributed by atoms with van der Waals surface area (Å²) in [7, 11) is 1.97. The Bertz CT molecular complexity index is 1150. The van der Waals surface area contributed by atoms with Crippen LogP contribution in [0.5, 0.6) is 11.5 Å². The summed E-state index contributed by atoms with van der Waals surface area (Å²) in [6.45, 7) is 3.34. The van der Waals surface area contributed by atoms with Crippen molar-refractivity contribution in [3.63, 3.8) is 0 Å². The van der Waals surface area contributed by atoms with Gasteiger partial charge in [-0.25, -0.2) is 4.79 Å². The molecule has 4 aliphatic rings.